The zero-order chi connectivity index (χ0) is 7.40. The zero-order valence-corrected chi connectivity index (χ0v) is 5.99. The van der Waals surface area contributed by atoms with E-state index in [0.29, 0.717) is 0 Å². The Morgan fingerprint density at radius 2 is 2.50 bits per heavy atom. The molecular weight excluding hydrogens is 124 g/mol. The Morgan fingerprint density at radius 3 is 3.00 bits per heavy atom. The maximum absolute atomic E-state index is 4.08. The Labute approximate surface area is 60.5 Å². The van der Waals surface area contributed by atoms with Gasteiger partial charge in [-0.15, -0.1) is 0 Å². The van der Waals surface area contributed by atoms with E-state index in [4.69, 9.17) is 0 Å². The highest BCUT2D eigenvalue weighted by molar-refractivity contribution is 5.42. The lowest BCUT2D eigenvalue weighted by molar-refractivity contribution is 0.897. The maximum Gasteiger partial charge on any atom is 0.132 e. The quantitative estimate of drug-likeness (QED) is 0.562. The normalized spacial score (nSPS) is 10.5. The van der Waals surface area contributed by atoms with Crippen LogP contribution in [0.4, 0.5) is 0 Å². The van der Waals surface area contributed by atoms with E-state index in [9.17, 15) is 0 Å². The van der Waals surface area contributed by atoms with Gasteiger partial charge in [0.05, 0.1) is 0 Å². The SMILES string of the molecule is C=C/C=C\c1nccn1C. The topological polar surface area (TPSA) is 17.8 Å². The van der Waals surface area contributed by atoms with Crippen molar-refractivity contribution in [3.8, 4) is 0 Å². The first kappa shape index (κ1) is 6.81. The monoisotopic (exact) mass is 134 g/mol. The minimum absolute atomic E-state index is 0.944. The lowest BCUT2D eigenvalue weighted by Gasteiger charge is -1.90. The molecule has 0 saturated carbocycles. The van der Waals surface area contributed by atoms with Gasteiger partial charge >= 0.3 is 0 Å². The highest BCUT2D eigenvalue weighted by Gasteiger charge is 1.88. The number of nitrogens with zero attached hydrogens (tertiary/aromatic N) is 2. The number of hydrogen-bond acceptors (Lipinski definition) is 1. The number of imidazole rings is 1. The van der Waals surface area contributed by atoms with Crippen LogP contribution in [0.3, 0.4) is 0 Å². The predicted octanol–water partition coefficient (Wildman–Crippen LogP) is 1.62. The summed E-state index contributed by atoms with van der Waals surface area (Å²) in [5.41, 5.74) is 0. The molecule has 0 fully saturated rings. The van der Waals surface area contributed by atoms with Crippen molar-refractivity contribution >= 4 is 6.08 Å². The van der Waals surface area contributed by atoms with Crippen LogP contribution in [0.5, 0.6) is 0 Å². The van der Waals surface area contributed by atoms with Crippen LogP contribution in [-0.4, -0.2) is 9.55 Å². The minimum atomic E-state index is 0.944. The molecule has 0 atom stereocenters. The third kappa shape index (κ3) is 1.35. The summed E-state index contributed by atoms with van der Waals surface area (Å²) in [5, 5.41) is 0. The van der Waals surface area contributed by atoms with Crippen molar-refractivity contribution in [3.05, 3.63) is 36.9 Å². The Balaban J connectivity index is 2.83. The van der Waals surface area contributed by atoms with E-state index in [1.165, 1.54) is 0 Å². The van der Waals surface area contributed by atoms with Crippen LogP contribution in [0.2, 0.25) is 0 Å². The van der Waals surface area contributed by atoms with Crippen molar-refractivity contribution in [3.63, 3.8) is 0 Å². The van der Waals surface area contributed by atoms with Gasteiger partial charge in [-0.05, 0) is 6.08 Å². The zero-order valence-electron chi connectivity index (χ0n) is 5.99. The van der Waals surface area contributed by atoms with Crippen LogP contribution in [0, 0.1) is 0 Å². The van der Waals surface area contributed by atoms with E-state index in [2.05, 4.69) is 11.6 Å². The number of rotatable bonds is 2. The molecule has 0 aromatic carbocycles. The van der Waals surface area contributed by atoms with Gasteiger partial charge in [0.15, 0.2) is 0 Å². The van der Waals surface area contributed by atoms with Crippen LogP contribution >= 0.6 is 0 Å². The standard InChI is InChI=1S/C8H10N2/c1-3-4-5-8-9-6-7-10(8)2/h3-7H,1H2,2H3/b5-4-. The third-order valence-electron chi connectivity index (χ3n) is 1.24. The molecular formula is C8H10N2. The summed E-state index contributed by atoms with van der Waals surface area (Å²) in [5.74, 6) is 0.944. The molecule has 1 aromatic rings. The van der Waals surface area contributed by atoms with Crippen molar-refractivity contribution < 1.29 is 0 Å². The van der Waals surface area contributed by atoms with Gasteiger partial charge in [0.2, 0.25) is 0 Å². The van der Waals surface area contributed by atoms with Crippen LogP contribution in [0.15, 0.2) is 31.1 Å². The van der Waals surface area contributed by atoms with Crippen molar-refractivity contribution in [2.75, 3.05) is 0 Å². The molecule has 0 radical (unpaired) electrons. The second-order valence-corrected chi connectivity index (χ2v) is 1.99. The lowest BCUT2D eigenvalue weighted by atomic mass is 10.4. The first-order valence-corrected chi connectivity index (χ1v) is 3.11. The summed E-state index contributed by atoms with van der Waals surface area (Å²) in [6.45, 7) is 3.57. The van der Waals surface area contributed by atoms with E-state index in [1.54, 1.807) is 12.3 Å². The summed E-state index contributed by atoms with van der Waals surface area (Å²) in [6.07, 6.45) is 9.18. The fourth-order valence-electron chi connectivity index (χ4n) is 0.692. The molecule has 0 aliphatic rings. The molecule has 0 unspecified atom stereocenters. The van der Waals surface area contributed by atoms with Gasteiger partial charge in [0.25, 0.3) is 0 Å². The summed E-state index contributed by atoms with van der Waals surface area (Å²) < 4.78 is 1.94. The van der Waals surface area contributed by atoms with Crippen molar-refractivity contribution in [1.29, 1.82) is 0 Å². The molecule has 1 aromatic heterocycles. The van der Waals surface area contributed by atoms with Gasteiger partial charge in [-0.3, -0.25) is 0 Å². The molecule has 1 heterocycles. The Morgan fingerprint density at radius 1 is 1.70 bits per heavy atom. The second kappa shape index (κ2) is 3.01. The number of aromatic nitrogens is 2. The maximum atomic E-state index is 4.08. The smallest absolute Gasteiger partial charge is 0.132 e. The Hall–Kier alpha value is -1.31. The van der Waals surface area contributed by atoms with Crippen LogP contribution in [-0.2, 0) is 7.05 Å². The first-order valence-electron chi connectivity index (χ1n) is 3.11. The molecule has 1 rings (SSSR count). The highest BCUT2D eigenvalue weighted by atomic mass is 15.0. The second-order valence-electron chi connectivity index (χ2n) is 1.99. The fraction of sp³-hybridized carbons (Fsp3) is 0.125. The summed E-state index contributed by atoms with van der Waals surface area (Å²) >= 11 is 0. The highest BCUT2D eigenvalue weighted by Crippen LogP contribution is 1.95. The molecule has 0 saturated heterocycles. The van der Waals surface area contributed by atoms with Gasteiger partial charge in [0.1, 0.15) is 5.82 Å². The van der Waals surface area contributed by atoms with Crippen molar-refractivity contribution in [1.82, 2.24) is 9.55 Å². The van der Waals surface area contributed by atoms with E-state index in [-0.39, 0.29) is 0 Å². The molecule has 0 spiro atoms. The summed E-state index contributed by atoms with van der Waals surface area (Å²) in [7, 11) is 1.95. The molecule has 2 nitrogen and oxygen atoms in total. The number of hydrogen-bond donors (Lipinski definition) is 0. The van der Waals surface area contributed by atoms with Gasteiger partial charge in [0, 0.05) is 19.4 Å². The largest absolute Gasteiger partial charge is 0.335 e. The molecule has 0 amide bonds. The molecule has 0 aliphatic carbocycles. The van der Waals surface area contributed by atoms with Crippen molar-refractivity contribution in [2.45, 2.75) is 0 Å². The third-order valence-corrected chi connectivity index (χ3v) is 1.24. The lowest BCUT2D eigenvalue weighted by Crippen LogP contribution is -1.88. The molecule has 0 bridgehead atoms. The molecule has 10 heavy (non-hydrogen) atoms. The minimum Gasteiger partial charge on any atom is -0.335 e. The number of allylic oxidation sites excluding steroid dienone is 2. The molecule has 52 valence electrons. The predicted molar refractivity (Wildman–Crippen MR) is 42.4 cm³/mol. The van der Waals surface area contributed by atoms with E-state index < -0.39 is 0 Å². The van der Waals surface area contributed by atoms with Crippen LogP contribution < -0.4 is 0 Å². The van der Waals surface area contributed by atoms with Crippen LogP contribution in [0.25, 0.3) is 6.08 Å². The van der Waals surface area contributed by atoms with Crippen LogP contribution in [0.1, 0.15) is 5.82 Å². The first-order chi connectivity index (χ1) is 4.84. The average Bonchev–Trinajstić information content (AvgIpc) is 2.31. The Bertz CT molecular complexity index is 246. The average molecular weight is 134 g/mol. The summed E-state index contributed by atoms with van der Waals surface area (Å²) in [6, 6.07) is 0. The van der Waals surface area contributed by atoms with E-state index in [0.717, 1.165) is 5.82 Å². The fourth-order valence-corrected chi connectivity index (χ4v) is 0.692. The Kier molecular flexibility index (Phi) is 2.05. The van der Waals surface area contributed by atoms with Gasteiger partial charge in [-0.25, -0.2) is 4.98 Å². The summed E-state index contributed by atoms with van der Waals surface area (Å²) in [4.78, 5) is 4.08. The van der Waals surface area contributed by atoms with E-state index in [1.807, 2.05) is 30.0 Å². The van der Waals surface area contributed by atoms with Gasteiger partial charge in [-0.1, -0.05) is 18.7 Å². The molecule has 2 heteroatoms. The number of aryl methyl sites for hydroxylation is 1. The molecule has 0 aliphatic heterocycles. The van der Waals surface area contributed by atoms with Gasteiger partial charge in [-0.2, -0.15) is 0 Å². The van der Waals surface area contributed by atoms with Gasteiger partial charge < -0.3 is 4.57 Å². The van der Waals surface area contributed by atoms with E-state index >= 15 is 0 Å². The van der Waals surface area contributed by atoms with Crippen molar-refractivity contribution in [2.24, 2.45) is 7.05 Å². The molecule has 0 N–H and O–H groups in total.